The predicted octanol–water partition coefficient (Wildman–Crippen LogP) is 2.98. The minimum atomic E-state index is -1.03. The molecular weight excluding hydrogens is 422 g/mol. The first kappa shape index (κ1) is 21.9. The molecule has 3 aromatic rings. The van der Waals surface area contributed by atoms with Gasteiger partial charge in [-0.15, -0.1) is 0 Å². The minimum Gasteiger partial charge on any atom is -0.309 e. The number of benzene rings is 2. The summed E-state index contributed by atoms with van der Waals surface area (Å²) >= 11 is 0. The molecule has 1 aliphatic heterocycles. The van der Waals surface area contributed by atoms with E-state index in [1.165, 1.54) is 0 Å². The Morgan fingerprint density at radius 1 is 0.970 bits per heavy atom. The van der Waals surface area contributed by atoms with Crippen molar-refractivity contribution >= 4 is 29.6 Å². The van der Waals surface area contributed by atoms with Crippen molar-refractivity contribution in [1.82, 2.24) is 19.6 Å². The first-order valence-electron chi connectivity index (χ1n) is 10.4. The quantitative estimate of drug-likeness (QED) is 0.464. The van der Waals surface area contributed by atoms with Crippen molar-refractivity contribution in [2.75, 3.05) is 11.9 Å². The molecule has 2 aromatic carbocycles. The van der Waals surface area contributed by atoms with Crippen LogP contribution < -0.4 is 5.32 Å². The summed E-state index contributed by atoms with van der Waals surface area (Å²) in [5.74, 6) is -2.21. The number of aryl methyl sites for hydroxylation is 2. The van der Waals surface area contributed by atoms with Gasteiger partial charge in [0.2, 0.25) is 5.91 Å². The summed E-state index contributed by atoms with van der Waals surface area (Å²) in [7, 11) is 0. The lowest BCUT2D eigenvalue weighted by atomic mass is 10.1. The highest BCUT2D eigenvalue weighted by molar-refractivity contribution is 6.45. The van der Waals surface area contributed by atoms with Crippen LogP contribution >= 0.6 is 0 Å². The minimum absolute atomic E-state index is 0.390. The molecule has 5 amide bonds. The molecule has 1 aliphatic rings. The van der Waals surface area contributed by atoms with Gasteiger partial charge in [0.1, 0.15) is 12.4 Å². The zero-order chi connectivity index (χ0) is 23.7. The van der Waals surface area contributed by atoms with Gasteiger partial charge in [0.05, 0.1) is 17.4 Å². The van der Waals surface area contributed by atoms with E-state index < -0.39 is 36.3 Å². The smallest absolute Gasteiger partial charge is 0.309 e. The largest absolute Gasteiger partial charge is 0.335 e. The number of hydrogen-bond acceptors (Lipinski definition) is 5. The van der Waals surface area contributed by atoms with Crippen molar-refractivity contribution < 1.29 is 19.2 Å². The van der Waals surface area contributed by atoms with Crippen LogP contribution in [0.25, 0.3) is 5.69 Å². The molecule has 2 heterocycles. The van der Waals surface area contributed by atoms with E-state index in [0.717, 1.165) is 16.2 Å². The van der Waals surface area contributed by atoms with Crippen LogP contribution in [0, 0.1) is 13.8 Å². The van der Waals surface area contributed by atoms with Crippen LogP contribution in [0.1, 0.15) is 29.8 Å². The lowest BCUT2D eigenvalue weighted by Gasteiger charge is -2.22. The van der Waals surface area contributed by atoms with E-state index in [1.54, 1.807) is 48.9 Å². The molecule has 9 heteroatoms. The third-order valence-corrected chi connectivity index (χ3v) is 5.43. The van der Waals surface area contributed by atoms with Crippen LogP contribution in [0.5, 0.6) is 0 Å². The van der Waals surface area contributed by atoms with E-state index in [-0.39, 0.29) is 0 Å². The predicted molar refractivity (Wildman–Crippen MR) is 120 cm³/mol. The zero-order valence-electron chi connectivity index (χ0n) is 18.5. The summed E-state index contributed by atoms with van der Waals surface area (Å²) in [5, 5.41) is 7.09. The molecule has 0 spiro atoms. The van der Waals surface area contributed by atoms with Crippen LogP contribution in [0.3, 0.4) is 0 Å². The molecular formula is C24H23N5O4. The van der Waals surface area contributed by atoms with Gasteiger partial charge < -0.3 is 5.32 Å². The number of rotatable bonds is 6. The second-order valence-corrected chi connectivity index (χ2v) is 7.90. The number of carbonyl (C=O) groups is 4. The molecule has 0 aliphatic carbocycles. The van der Waals surface area contributed by atoms with Gasteiger partial charge in [0.25, 0.3) is 0 Å². The number of amides is 5. The number of imide groups is 2. The van der Waals surface area contributed by atoms with Gasteiger partial charge in [0.15, 0.2) is 0 Å². The summed E-state index contributed by atoms with van der Waals surface area (Å²) in [6.07, 6.45) is 0. The molecule has 0 saturated carbocycles. The molecule has 33 heavy (non-hydrogen) atoms. The molecule has 0 radical (unpaired) electrons. The Labute approximate surface area is 190 Å². The maximum atomic E-state index is 12.9. The van der Waals surface area contributed by atoms with Gasteiger partial charge in [-0.1, -0.05) is 48.0 Å². The van der Waals surface area contributed by atoms with E-state index in [0.29, 0.717) is 22.0 Å². The van der Waals surface area contributed by atoms with Crippen LogP contribution in [-0.2, 0) is 14.4 Å². The maximum absolute atomic E-state index is 12.9. The maximum Gasteiger partial charge on any atom is 0.335 e. The van der Waals surface area contributed by atoms with E-state index in [2.05, 4.69) is 10.4 Å². The molecule has 1 N–H and O–H groups in total. The summed E-state index contributed by atoms with van der Waals surface area (Å²) in [6, 6.07) is 16.7. The van der Waals surface area contributed by atoms with E-state index in [4.69, 9.17) is 0 Å². The van der Waals surface area contributed by atoms with Crippen molar-refractivity contribution in [2.45, 2.75) is 26.8 Å². The lowest BCUT2D eigenvalue weighted by Crippen LogP contribution is -2.39. The highest BCUT2D eigenvalue weighted by Gasteiger charge is 2.47. The number of aromatic nitrogens is 2. The average molecular weight is 445 g/mol. The summed E-state index contributed by atoms with van der Waals surface area (Å²) in [4.78, 5) is 52.2. The Kier molecular flexibility index (Phi) is 5.78. The second kappa shape index (κ2) is 8.70. The van der Waals surface area contributed by atoms with Gasteiger partial charge in [-0.2, -0.15) is 5.10 Å². The standard InChI is InChI=1S/C24H23N5O4/c1-15-9-11-19(12-10-15)29-20(13-16(2)26-29)25-21(30)14-27-22(31)23(32)28(24(27)33)17(3)18-7-5-4-6-8-18/h4-13,17H,14H2,1-3H3,(H,25,30). The number of nitrogens with zero attached hydrogens (tertiary/aromatic N) is 4. The lowest BCUT2D eigenvalue weighted by molar-refractivity contribution is -0.144. The average Bonchev–Trinajstić information content (AvgIpc) is 3.26. The molecule has 1 unspecified atom stereocenters. The Balaban J connectivity index is 1.50. The topological polar surface area (TPSA) is 105 Å². The normalized spacial score (nSPS) is 14.7. The van der Waals surface area contributed by atoms with Gasteiger partial charge in [-0.25, -0.2) is 19.3 Å². The third kappa shape index (κ3) is 4.25. The Hall–Kier alpha value is -4.27. The molecule has 1 saturated heterocycles. The monoisotopic (exact) mass is 445 g/mol. The third-order valence-electron chi connectivity index (χ3n) is 5.43. The molecule has 9 nitrogen and oxygen atoms in total. The molecule has 1 aromatic heterocycles. The summed E-state index contributed by atoms with van der Waals surface area (Å²) in [5.41, 5.74) is 3.21. The molecule has 0 bridgehead atoms. The second-order valence-electron chi connectivity index (χ2n) is 7.90. The Bertz CT molecular complexity index is 1230. The Morgan fingerprint density at radius 3 is 2.30 bits per heavy atom. The number of nitrogens with one attached hydrogen (secondary N) is 1. The van der Waals surface area contributed by atoms with Crippen molar-refractivity contribution in [3.05, 3.63) is 77.5 Å². The van der Waals surface area contributed by atoms with E-state index in [1.807, 2.05) is 37.3 Å². The van der Waals surface area contributed by atoms with Crippen molar-refractivity contribution in [3.8, 4) is 5.69 Å². The number of urea groups is 1. The van der Waals surface area contributed by atoms with Crippen molar-refractivity contribution in [1.29, 1.82) is 0 Å². The van der Waals surface area contributed by atoms with Gasteiger partial charge in [-0.05, 0) is 38.5 Å². The zero-order valence-corrected chi connectivity index (χ0v) is 18.5. The molecule has 4 rings (SSSR count). The van der Waals surface area contributed by atoms with Crippen LogP contribution in [0.4, 0.5) is 10.6 Å². The summed E-state index contributed by atoms with van der Waals surface area (Å²) < 4.78 is 1.56. The SMILES string of the molecule is Cc1ccc(-n2nc(C)cc2NC(=O)CN2C(=O)C(=O)N(C(C)c3ccccc3)C2=O)cc1. The number of carbonyl (C=O) groups excluding carboxylic acids is 4. The first-order valence-corrected chi connectivity index (χ1v) is 10.4. The van der Waals surface area contributed by atoms with E-state index >= 15 is 0 Å². The fourth-order valence-electron chi connectivity index (χ4n) is 3.68. The first-order chi connectivity index (χ1) is 15.8. The van der Waals surface area contributed by atoms with Gasteiger partial charge >= 0.3 is 17.8 Å². The fraction of sp³-hybridized carbons (Fsp3) is 0.208. The molecule has 1 atom stereocenters. The van der Waals surface area contributed by atoms with Crippen LogP contribution in [0.15, 0.2) is 60.7 Å². The molecule has 168 valence electrons. The van der Waals surface area contributed by atoms with Crippen molar-refractivity contribution in [2.24, 2.45) is 0 Å². The fourth-order valence-corrected chi connectivity index (χ4v) is 3.68. The number of anilines is 1. The van der Waals surface area contributed by atoms with Crippen LogP contribution in [-0.4, -0.2) is 49.9 Å². The molecule has 1 fully saturated rings. The Morgan fingerprint density at radius 2 is 1.64 bits per heavy atom. The summed E-state index contributed by atoms with van der Waals surface area (Å²) in [6.45, 7) is 4.83. The highest BCUT2D eigenvalue weighted by Crippen LogP contribution is 2.26. The van der Waals surface area contributed by atoms with E-state index in [9.17, 15) is 19.2 Å². The van der Waals surface area contributed by atoms with Crippen molar-refractivity contribution in [3.63, 3.8) is 0 Å². The number of hydrogen-bond donors (Lipinski definition) is 1. The van der Waals surface area contributed by atoms with Gasteiger partial charge in [0, 0.05) is 6.07 Å². The highest BCUT2D eigenvalue weighted by atomic mass is 16.2. The van der Waals surface area contributed by atoms with Gasteiger partial charge in [-0.3, -0.25) is 14.4 Å². The van der Waals surface area contributed by atoms with Crippen LogP contribution in [0.2, 0.25) is 0 Å².